The number of rotatable bonds is 25. The molecule has 0 aliphatic rings. The van der Waals surface area contributed by atoms with E-state index in [2.05, 4.69) is 44.5 Å². The molecule has 0 aromatic heterocycles. The van der Waals surface area contributed by atoms with E-state index >= 15 is 0 Å². The zero-order valence-corrected chi connectivity index (χ0v) is 36.5. The predicted octanol–water partition coefficient (Wildman–Crippen LogP) is 0.826. The van der Waals surface area contributed by atoms with Crippen LogP contribution in [0.4, 0.5) is 5.69 Å². The number of hydrogen-bond acceptors (Lipinski definition) is 12. The highest BCUT2D eigenvalue weighted by Gasteiger charge is 2.35. The maximum atomic E-state index is 14.3. The average molecular weight is 893 g/mol. The lowest BCUT2D eigenvalue weighted by Gasteiger charge is -2.29. The van der Waals surface area contributed by atoms with E-state index in [1.165, 1.54) is 43.3 Å². The lowest BCUT2D eigenvalue weighted by molar-refractivity contribution is -0.142. The molecular weight excluding hydrogens is 833 g/mol. The number of carboxylic acid groups (broad SMARTS) is 1. The fourth-order valence-corrected chi connectivity index (χ4v) is 6.74. The summed E-state index contributed by atoms with van der Waals surface area (Å²) in [5.74, 6) is -6.15. The number of carbonyl (C=O) groups is 7. The Bertz CT molecular complexity index is 2000. The number of nitrogens with one attached hydrogen (secondary N) is 6. The molecular formula is C44H60N8O10S. The molecule has 6 amide bonds. The number of carbonyl (C=O) groups excluding carboxylic acids is 6. The molecule has 13 N–H and O–H groups in total. The second kappa shape index (κ2) is 25.6. The van der Waals surface area contributed by atoms with Gasteiger partial charge in [-0.05, 0) is 84.8 Å². The molecule has 7 atom stereocenters. The van der Waals surface area contributed by atoms with Crippen molar-refractivity contribution in [3.63, 3.8) is 0 Å². The summed E-state index contributed by atoms with van der Waals surface area (Å²) in [5.41, 5.74) is 13.7. The van der Waals surface area contributed by atoms with Crippen LogP contribution >= 0.6 is 12.6 Å². The van der Waals surface area contributed by atoms with Crippen LogP contribution in [0.2, 0.25) is 0 Å². The molecule has 3 aromatic carbocycles. The first-order valence-electron chi connectivity index (χ1n) is 20.7. The van der Waals surface area contributed by atoms with E-state index < -0.39 is 83.6 Å². The Kier molecular flexibility index (Phi) is 20.7. The molecule has 3 rings (SSSR count). The highest BCUT2D eigenvalue weighted by atomic mass is 32.1. The SMILES string of the molecule is CCC(C)[C@H](NC(=O)[C@H](CS)NC(C)=O)C(=O)N[C@@H](Cc1ccc(O)cc1)C(=O)N[C@@H](CCCCN)C(=O)N[C@@H](Cc1ccc(N)cc1)C(=O)N[C@@H](Cc1ccc(O)cc1)C(=O)O. The van der Waals surface area contributed by atoms with Gasteiger partial charge < -0.3 is 58.7 Å². The first kappa shape index (κ1) is 51.0. The van der Waals surface area contributed by atoms with Crippen LogP contribution in [0.25, 0.3) is 0 Å². The fourth-order valence-electron chi connectivity index (χ4n) is 6.48. The zero-order valence-electron chi connectivity index (χ0n) is 35.6. The van der Waals surface area contributed by atoms with E-state index in [4.69, 9.17) is 11.5 Å². The second-order valence-corrected chi connectivity index (χ2v) is 15.7. The third-order valence-electron chi connectivity index (χ3n) is 10.3. The molecule has 342 valence electrons. The first-order valence-corrected chi connectivity index (χ1v) is 21.3. The summed E-state index contributed by atoms with van der Waals surface area (Å²) in [6.45, 7) is 5.06. The number of phenolic OH excluding ortho intramolecular Hbond substituents is 2. The lowest BCUT2D eigenvalue weighted by Crippen LogP contribution is -2.61. The summed E-state index contributed by atoms with van der Waals surface area (Å²) >= 11 is 4.16. The number of benzene rings is 3. The molecule has 18 nitrogen and oxygen atoms in total. The van der Waals surface area contributed by atoms with Crippen LogP contribution in [0.5, 0.6) is 11.5 Å². The van der Waals surface area contributed by atoms with Crippen molar-refractivity contribution in [1.29, 1.82) is 0 Å². The molecule has 1 unspecified atom stereocenters. The third-order valence-corrected chi connectivity index (χ3v) is 10.7. The number of phenols is 2. The molecule has 0 fully saturated rings. The molecule has 0 saturated heterocycles. The second-order valence-electron chi connectivity index (χ2n) is 15.4. The van der Waals surface area contributed by atoms with Gasteiger partial charge in [0.1, 0.15) is 47.8 Å². The maximum absolute atomic E-state index is 14.3. The number of thiol groups is 1. The summed E-state index contributed by atoms with van der Waals surface area (Å²) in [5, 5.41) is 45.5. The standard InChI is InChI=1S/C44H60N8O10S/c1-4-25(2)38(52-42(59)37(24-63)47-26(3)53)43(60)50-35(22-28-10-16-31(54)17-11-28)40(57)48-33(7-5-6-20-45)39(56)49-34(21-27-8-14-30(46)15-9-27)41(58)51-36(44(61)62)23-29-12-18-32(55)19-13-29/h8-19,25,33-38,54-55,63H,4-7,20-24,45-46H2,1-3H3,(H,47,53)(H,48,57)(H,49,56)(H,50,60)(H,51,58)(H,52,59)(H,61,62)/t25?,33-,34-,35-,36-,37-,38-/m0/s1. The van der Waals surface area contributed by atoms with Crippen LogP contribution in [0.1, 0.15) is 63.1 Å². The molecule has 3 aromatic rings. The van der Waals surface area contributed by atoms with E-state index in [0.29, 0.717) is 41.6 Å². The van der Waals surface area contributed by atoms with Gasteiger partial charge in [-0.25, -0.2) is 4.79 Å². The van der Waals surface area contributed by atoms with Crippen LogP contribution in [0.15, 0.2) is 72.8 Å². The average Bonchev–Trinajstić information content (AvgIpc) is 3.25. The Labute approximate surface area is 372 Å². The number of anilines is 1. The third kappa shape index (κ3) is 17.2. The van der Waals surface area contributed by atoms with Gasteiger partial charge in [-0.15, -0.1) is 0 Å². The number of nitrogen functional groups attached to an aromatic ring is 1. The van der Waals surface area contributed by atoms with Gasteiger partial charge in [0.15, 0.2) is 0 Å². The van der Waals surface area contributed by atoms with Gasteiger partial charge >= 0.3 is 5.97 Å². The van der Waals surface area contributed by atoms with Gasteiger partial charge in [0.25, 0.3) is 0 Å². The van der Waals surface area contributed by atoms with Crippen molar-refractivity contribution in [2.75, 3.05) is 18.0 Å². The number of hydrogen-bond donors (Lipinski definition) is 12. The van der Waals surface area contributed by atoms with Crippen molar-refractivity contribution >= 4 is 59.7 Å². The van der Waals surface area contributed by atoms with E-state index in [9.17, 15) is 48.9 Å². The summed E-state index contributed by atoms with van der Waals surface area (Å²) in [4.78, 5) is 93.8. The van der Waals surface area contributed by atoms with Crippen molar-refractivity contribution in [3.8, 4) is 11.5 Å². The van der Waals surface area contributed by atoms with Crippen molar-refractivity contribution in [2.45, 2.75) is 102 Å². The fraction of sp³-hybridized carbons (Fsp3) is 0.432. The van der Waals surface area contributed by atoms with E-state index in [0.717, 1.165) is 0 Å². The van der Waals surface area contributed by atoms with Gasteiger partial charge in [-0.2, -0.15) is 12.6 Å². The number of amides is 6. The van der Waals surface area contributed by atoms with Crippen molar-refractivity contribution < 1.29 is 48.9 Å². The van der Waals surface area contributed by atoms with E-state index in [-0.39, 0.29) is 49.5 Å². The van der Waals surface area contributed by atoms with Gasteiger partial charge in [-0.1, -0.05) is 56.7 Å². The lowest BCUT2D eigenvalue weighted by atomic mass is 9.96. The van der Waals surface area contributed by atoms with Crippen molar-refractivity contribution in [3.05, 3.63) is 89.5 Å². The Morgan fingerprint density at radius 2 is 1.00 bits per heavy atom. The van der Waals surface area contributed by atoms with Crippen molar-refractivity contribution in [2.24, 2.45) is 11.7 Å². The van der Waals surface area contributed by atoms with Crippen LogP contribution < -0.4 is 43.4 Å². The largest absolute Gasteiger partial charge is 0.508 e. The molecule has 0 saturated carbocycles. The van der Waals surface area contributed by atoms with Crippen LogP contribution in [-0.2, 0) is 52.8 Å². The van der Waals surface area contributed by atoms with Crippen LogP contribution in [0, 0.1) is 5.92 Å². The molecule has 63 heavy (non-hydrogen) atoms. The van der Waals surface area contributed by atoms with Crippen LogP contribution in [0.3, 0.4) is 0 Å². The number of aliphatic carboxylic acids is 1. The first-order chi connectivity index (χ1) is 29.9. The predicted molar refractivity (Wildman–Crippen MR) is 239 cm³/mol. The minimum atomic E-state index is -1.42. The van der Waals surface area contributed by atoms with Gasteiger partial charge in [-0.3, -0.25) is 28.8 Å². The monoisotopic (exact) mass is 892 g/mol. The smallest absolute Gasteiger partial charge is 0.326 e. The highest BCUT2D eigenvalue weighted by molar-refractivity contribution is 7.80. The minimum Gasteiger partial charge on any atom is -0.508 e. The quantitative estimate of drug-likeness (QED) is 0.0320. The molecule has 0 aliphatic carbocycles. The molecule has 0 radical (unpaired) electrons. The van der Waals surface area contributed by atoms with Gasteiger partial charge in [0.05, 0.1) is 0 Å². The number of nitrogens with two attached hydrogens (primary N) is 2. The zero-order chi connectivity index (χ0) is 46.6. The van der Waals surface area contributed by atoms with Gasteiger partial charge in [0.2, 0.25) is 35.4 Å². The maximum Gasteiger partial charge on any atom is 0.326 e. The molecule has 0 aliphatic heterocycles. The number of carboxylic acids is 1. The summed E-state index contributed by atoms with van der Waals surface area (Å²) < 4.78 is 0. The normalized spacial score (nSPS) is 14.3. The molecule has 0 heterocycles. The Hall–Kier alpha value is -6.34. The Balaban J connectivity index is 1.95. The Morgan fingerprint density at radius 1 is 0.587 bits per heavy atom. The number of unbranched alkanes of at least 4 members (excludes halogenated alkanes) is 1. The summed E-state index contributed by atoms with van der Waals surface area (Å²) in [6.07, 6.45) is 1.01. The highest BCUT2D eigenvalue weighted by Crippen LogP contribution is 2.16. The van der Waals surface area contributed by atoms with E-state index in [1.54, 1.807) is 43.3 Å². The molecule has 0 bridgehead atoms. The van der Waals surface area contributed by atoms with Crippen molar-refractivity contribution in [1.82, 2.24) is 31.9 Å². The van der Waals surface area contributed by atoms with Crippen LogP contribution in [-0.4, -0.2) is 105 Å². The Morgan fingerprint density at radius 3 is 1.44 bits per heavy atom. The molecule has 19 heteroatoms. The molecule has 0 spiro atoms. The summed E-state index contributed by atoms with van der Waals surface area (Å²) in [7, 11) is 0. The summed E-state index contributed by atoms with van der Waals surface area (Å²) in [6, 6.07) is 10.7. The topological polar surface area (TPSA) is 304 Å². The number of aromatic hydroxyl groups is 2. The minimum absolute atomic E-state index is 0.0234. The van der Waals surface area contributed by atoms with E-state index in [1.807, 2.05) is 6.92 Å². The van der Waals surface area contributed by atoms with Gasteiger partial charge in [0, 0.05) is 37.6 Å².